The van der Waals surface area contributed by atoms with Crippen LogP contribution in [0.4, 0.5) is 4.39 Å². The van der Waals surface area contributed by atoms with E-state index in [9.17, 15) is 9.18 Å². The van der Waals surface area contributed by atoms with Crippen LogP contribution >= 0.6 is 11.6 Å². The van der Waals surface area contributed by atoms with Crippen molar-refractivity contribution >= 4 is 17.6 Å². The van der Waals surface area contributed by atoms with Gasteiger partial charge in [0.2, 0.25) is 0 Å². The number of hydrogen-bond acceptors (Lipinski definition) is 5. The van der Waals surface area contributed by atoms with Crippen LogP contribution in [0.1, 0.15) is 30.9 Å². The molecule has 0 saturated carbocycles. The van der Waals surface area contributed by atoms with Gasteiger partial charge in [0, 0.05) is 56.2 Å². The minimum atomic E-state index is -0.623. The molecule has 1 aromatic heterocycles. The highest BCUT2D eigenvalue weighted by molar-refractivity contribution is 6.30. The summed E-state index contributed by atoms with van der Waals surface area (Å²) in [6, 6.07) is 13.9. The van der Waals surface area contributed by atoms with E-state index in [2.05, 4.69) is 14.9 Å². The zero-order valence-corrected chi connectivity index (χ0v) is 18.7. The Hall–Kier alpha value is -2.83. The predicted octanol–water partition coefficient (Wildman–Crippen LogP) is 5.03. The number of halogens is 2. The van der Waals surface area contributed by atoms with Crippen molar-refractivity contribution in [1.29, 1.82) is 0 Å². The molecule has 0 amide bonds. The molecule has 0 unspecified atom stereocenters. The highest BCUT2D eigenvalue weighted by Crippen LogP contribution is 2.37. The second-order valence-corrected chi connectivity index (χ2v) is 8.53. The van der Waals surface area contributed by atoms with Crippen molar-refractivity contribution in [2.45, 2.75) is 31.8 Å². The SMILES string of the molecule is CC(=O)OC1(c2ccc(Cl)cc2)CCN(CCc2cncnc2-c2ccc(F)cc2)CC1. The van der Waals surface area contributed by atoms with Crippen LogP contribution in [-0.2, 0) is 21.6 Å². The van der Waals surface area contributed by atoms with Gasteiger partial charge in [-0.25, -0.2) is 14.4 Å². The summed E-state index contributed by atoms with van der Waals surface area (Å²) in [6.07, 6.45) is 5.54. The zero-order chi connectivity index (χ0) is 22.6. The Morgan fingerprint density at radius 1 is 1.12 bits per heavy atom. The van der Waals surface area contributed by atoms with Crippen molar-refractivity contribution < 1.29 is 13.9 Å². The van der Waals surface area contributed by atoms with Crippen molar-refractivity contribution in [3.8, 4) is 11.3 Å². The molecule has 0 N–H and O–H groups in total. The summed E-state index contributed by atoms with van der Waals surface area (Å²) in [5, 5.41) is 0.659. The number of likely N-dealkylation sites (tertiary alicyclic amines) is 1. The Morgan fingerprint density at radius 3 is 2.47 bits per heavy atom. The maximum absolute atomic E-state index is 13.3. The number of ether oxygens (including phenoxy) is 1. The number of benzene rings is 2. The summed E-state index contributed by atoms with van der Waals surface area (Å²) < 4.78 is 19.1. The lowest BCUT2D eigenvalue weighted by atomic mass is 9.84. The van der Waals surface area contributed by atoms with Gasteiger partial charge in [-0.05, 0) is 53.9 Å². The lowest BCUT2D eigenvalue weighted by Gasteiger charge is -2.41. The highest BCUT2D eigenvalue weighted by atomic mass is 35.5. The van der Waals surface area contributed by atoms with Crippen molar-refractivity contribution in [1.82, 2.24) is 14.9 Å². The third-order valence-electron chi connectivity index (χ3n) is 5.98. The second kappa shape index (κ2) is 9.76. The number of hydrogen-bond donors (Lipinski definition) is 0. The number of carbonyl (C=O) groups is 1. The van der Waals surface area contributed by atoms with E-state index in [1.54, 1.807) is 12.1 Å². The molecule has 2 aromatic carbocycles. The maximum atomic E-state index is 13.3. The first kappa shape index (κ1) is 22.4. The molecular weight excluding hydrogens is 429 g/mol. The molecular formula is C25H25ClFN3O2. The molecule has 1 aliphatic heterocycles. The summed E-state index contributed by atoms with van der Waals surface area (Å²) >= 11 is 6.04. The molecule has 1 aliphatic rings. The van der Waals surface area contributed by atoms with E-state index in [0.717, 1.165) is 48.4 Å². The summed E-state index contributed by atoms with van der Waals surface area (Å²) in [5.74, 6) is -0.548. The van der Waals surface area contributed by atoms with Gasteiger partial charge in [0.05, 0.1) is 5.69 Å². The number of piperidine rings is 1. The fourth-order valence-electron chi connectivity index (χ4n) is 4.30. The molecule has 0 aliphatic carbocycles. The standard InChI is InChI=1S/C25H25ClFN3O2/c1-18(31)32-25(21-4-6-22(26)7-5-21)11-14-30(15-12-25)13-10-20-16-28-17-29-24(20)19-2-8-23(27)9-3-19/h2-9,16-17H,10-15H2,1H3. The van der Waals surface area contributed by atoms with Gasteiger partial charge in [0.15, 0.2) is 0 Å². The van der Waals surface area contributed by atoms with Crippen LogP contribution in [0, 0.1) is 5.82 Å². The summed E-state index contributed by atoms with van der Waals surface area (Å²) in [6.45, 7) is 3.89. The Bertz CT molecular complexity index is 1070. The molecule has 1 saturated heterocycles. The molecule has 0 spiro atoms. The first-order valence-corrected chi connectivity index (χ1v) is 11.1. The number of esters is 1. The summed E-state index contributed by atoms with van der Waals surface area (Å²) in [4.78, 5) is 22.8. The van der Waals surface area contributed by atoms with E-state index in [-0.39, 0.29) is 11.8 Å². The van der Waals surface area contributed by atoms with E-state index >= 15 is 0 Å². The van der Waals surface area contributed by atoms with Gasteiger partial charge < -0.3 is 9.64 Å². The van der Waals surface area contributed by atoms with Crippen LogP contribution in [-0.4, -0.2) is 40.5 Å². The fraction of sp³-hybridized carbons (Fsp3) is 0.320. The van der Waals surface area contributed by atoms with E-state index in [1.807, 2.05) is 30.5 Å². The van der Waals surface area contributed by atoms with Crippen molar-refractivity contribution in [2.24, 2.45) is 0 Å². The first-order chi connectivity index (χ1) is 15.4. The molecule has 166 valence electrons. The predicted molar refractivity (Wildman–Crippen MR) is 122 cm³/mol. The molecule has 7 heteroatoms. The summed E-state index contributed by atoms with van der Waals surface area (Å²) in [5.41, 5.74) is 3.08. The number of aromatic nitrogens is 2. The monoisotopic (exact) mass is 453 g/mol. The number of carbonyl (C=O) groups excluding carboxylic acids is 1. The van der Waals surface area contributed by atoms with E-state index in [4.69, 9.17) is 16.3 Å². The first-order valence-electron chi connectivity index (χ1n) is 10.7. The normalized spacial score (nSPS) is 16.0. The largest absolute Gasteiger partial charge is 0.454 e. The van der Waals surface area contributed by atoms with E-state index in [0.29, 0.717) is 17.9 Å². The van der Waals surface area contributed by atoms with Crippen LogP contribution in [0.25, 0.3) is 11.3 Å². The fourth-order valence-corrected chi connectivity index (χ4v) is 4.43. The topological polar surface area (TPSA) is 55.3 Å². The van der Waals surface area contributed by atoms with E-state index in [1.165, 1.54) is 25.4 Å². The van der Waals surface area contributed by atoms with Crippen LogP contribution < -0.4 is 0 Å². The van der Waals surface area contributed by atoms with Crippen LogP contribution in [0.15, 0.2) is 61.1 Å². The minimum absolute atomic E-state index is 0.269. The average molecular weight is 454 g/mol. The number of nitrogens with zero attached hydrogens (tertiary/aromatic N) is 3. The lowest BCUT2D eigenvalue weighted by Crippen LogP contribution is -2.45. The zero-order valence-electron chi connectivity index (χ0n) is 17.9. The van der Waals surface area contributed by atoms with Gasteiger partial charge >= 0.3 is 5.97 Å². The van der Waals surface area contributed by atoms with E-state index < -0.39 is 5.60 Å². The number of rotatable bonds is 6. The van der Waals surface area contributed by atoms with Crippen molar-refractivity contribution in [3.63, 3.8) is 0 Å². The van der Waals surface area contributed by atoms with Gasteiger partial charge in [-0.1, -0.05) is 23.7 Å². The quantitative estimate of drug-likeness (QED) is 0.490. The van der Waals surface area contributed by atoms with Crippen LogP contribution in [0.5, 0.6) is 0 Å². The third-order valence-corrected chi connectivity index (χ3v) is 6.23. The highest BCUT2D eigenvalue weighted by Gasteiger charge is 2.39. The lowest BCUT2D eigenvalue weighted by molar-refractivity contribution is -0.164. The molecule has 4 rings (SSSR count). The van der Waals surface area contributed by atoms with Gasteiger partial charge in [-0.3, -0.25) is 4.79 Å². The Kier molecular flexibility index (Phi) is 6.82. The van der Waals surface area contributed by atoms with Gasteiger partial charge in [0.25, 0.3) is 0 Å². The Balaban J connectivity index is 1.43. The van der Waals surface area contributed by atoms with Gasteiger partial charge in [-0.15, -0.1) is 0 Å². The minimum Gasteiger partial charge on any atom is -0.454 e. The average Bonchev–Trinajstić information content (AvgIpc) is 2.79. The molecule has 1 fully saturated rings. The molecule has 0 atom stereocenters. The van der Waals surface area contributed by atoms with Crippen molar-refractivity contribution in [3.05, 3.63) is 83.0 Å². The third kappa shape index (κ3) is 5.14. The van der Waals surface area contributed by atoms with Gasteiger partial charge in [-0.2, -0.15) is 0 Å². The molecule has 32 heavy (non-hydrogen) atoms. The van der Waals surface area contributed by atoms with Gasteiger partial charge in [0.1, 0.15) is 17.7 Å². The summed E-state index contributed by atoms with van der Waals surface area (Å²) in [7, 11) is 0. The van der Waals surface area contributed by atoms with Crippen molar-refractivity contribution in [2.75, 3.05) is 19.6 Å². The smallest absolute Gasteiger partial charge is 0.303 e. The Morgan fingerprint density at radius 2 is 1.81 bits per heavy atom. The molecule has 2 heterocycles. The molecule has 0 bridgehead atoms. The Labute approximate surface area is 192 Å². The maximum Gasteiger partial charge on any atom is 0.303 e. The van der Waals surface area contributed by atoms with Crippen LogP contribution in [0.3, 0.4) is 0 Å². The molecule has 0 radical (unpaired) electrons. The molecule has 3 aromatic rings. The van der Waals surface area contributed by atoms with Crippen LogP contribution in [0.2, 0.25) is 5.02 Å². The second-order valence-electron chi connectivity index (χ2n) is 8.09. The molecule has 5 nitrogen and oxygen atoms in total.